The molecule has 1 aliphatic rings. The molecule has 4 heteroatoms. The van der Waals surface area contributed by atoms with Gasteiger partial charge in [0.15, 0.2) is 0 Å². The summed E-state index contributed by atoms with van der Waals surface area (Å²) in [6.07, 6.45) is 4.00. The van der Waals surface area contributed by atoms with Crippen LogP contribution in [-0.2, 0) is 10.2 Å². The lowest BCUT2D eigenvalue weighted by Crippen LogP contribution is -2.38. The zero-order valence-electron chi connectivity index (χ0n) is 13.0. The first-order valence-electron chi connectivity index (χ1n) is 7.85. The smallest absolute Gasteiger partial charge is 0.235 e. The topological polar surface area (TPSA) is 29.1 Å². The van der Waals surface area contributed by atoms with Gasteiger partial charge in [0.25, 0.3) is 0 Å². The molecule has 2 nitrogen and oxygen atoms in total. The van der Waals surface area contributed by atoms with E-state index in [1.807, 2.05) is 37.3 Å². The van der Waals surface area contributed by atoms with E-state index in [1.165, 1.54) is 5.56 Å². The van der Waals surface area contributed by atoms with Gasteiger partial charge in [-0.05, 0) is 71.1 Å². The minimum atomic E-state index is -0.412. The molecule has 0 spiro atoms. The molecule has 1 saturated carbocycles. The van der Waals surface area contributed by atoms with Crippen LogP contribution in [0.5, 0.6) is 0 Å². The van der Waals surface area contributed by atoms with Crippen LogP contribution in [0.4, 0.5) is 5.69 Å². The minimum absolute atomic E-state index is 0.0990. The fourth-order valence-corrected chi connectivity index (χ4v) is 4.21. The van der Waals surface area contributed by atoms with Gasteiger partial charge in [-0.25, -0.2) is 0 Å². The molecule has 120 valence electrons. The highest BCUT2D eigenvalue weighted by atomic mass is 79.9. The Morgan fingerprint density at radius 3 is 2.30 bits per heavy atom. The number of amides is 1. The lowest BCUT2D eigenvalue weighted by Gasteiger charge is -2.28. The SMILES string of the molecule is Cc1ccc(NC(=O)C2(c3ccc(Br)cc3)CCCC2)c(Br)c1. The Morgan fingerprint density at radius 2 is 1.70 bits per heavy atom. The Morgan fingerprint density at radius 1 is 1.04 bits per heavy atom. The molecule has 23 heavy (non-hydrogen) atoms. The van der Waals surface area contributed by atoms with Gasteiger partial charge in [-0.2, -0.15) is 0 Å². The second-order valence-corrected chi connectivity index (χ2v) is 8.00. The van der Waals surface area contributed by atoms with Crippen molar-refractivity contribution in [1.82, 2.24) is 0 Å². The fraction of sp³-hybridized carbons (Fsp3) is 0.316. The van der Waals surface area contributed by atoms with Crippen molar-refractivity contribution in [2.75, 3.05) is 5.32 Å². The number of aryl methyl sites for hydroxylation is 1. The number of nitrogens with one attached hydrogen (secondary N) is 1. The van der Waals surface area contributed by atoms with Crippen molar-refractivity contribution in [3.63, 3.8) is 0 Å². The number of benzene rings is 2. The van der Waals surface area contributed by atoms with Crippen molar-refractivity contribution >= 4 is 43.5 Å². The van der Waals surface area contributed by atoms with Gasteiger partial charge in [-0.3, -0.25) is 4.79 Å². The molecule has 0 aliphatic heterocycles. The van der Waals surface area contributed by atoms with Crippen LogP contribution in [0.2, 0.25) is 0 Å². The molecule has 1 N–H and O–H groups in total. The van der Waals surface area contributed by atoms with E-state index in [1.54, 1.807) is 0 Å². The van der Waals surface area contributed by atoms with Gasteiger partial charge in [0.2, 0.25) is 5.91 Å². The lowest BCUT2D eigenvalue weighted by atomic mass is 9.78. The molecule has 0 saturated heterocycles. The van der Waals surface area contributed by atoms with Gasteiger partial charge in [0.05, 0.1) is 11.1 Å². The predicted molar refractivity (Wildman–Crippen MR) is 102 cm³/mol. The first-order valence-corrected chi connectivity index (χ1v) is 9.43. The highest BCUT2D eigenvalue weighted by molar-refractivity contribution is 9.10. The van der Waals surface area contributed by atoms with E-state index in [4.69, 9.17) is 0 Å². The van der Waals surface area contributed by atoms with E-state index in [2.05, 4.69) is 49.3 Å². The third-order valence-corrected chi connectivity index (χ3v) is 5.85. The van der Waals surface area contributed by atoms with Gasteiger partial charge < -0.3 is 5.32 Å². The van der Waals surface area contributed by atoms with Crippen LogP contribution in [0.3, 0.4) is 0 Å². The van der Waals surface area contributed by atoms with Gasteiger partial charge in [-0.15, -0.1) is 0 Å². The summed E-state index contributed by atoms with van der Waals surface area (Å²) in [5, 5.41) is 3.14. The van der Waals surface area contributed by atoms with Crippen molar-refractivity contribution in [2.24, 2.45) is 0 Å². The Kier molecular flexibility index (Phi) is 4.93. The van der Waals surface area contributed by atoms with Gasteiger partial charge >= 0.3 is 0 Å². The van der Waals surface area contributed by atoms with E-state index >= 15 is 0 Å². The molecule has 2 aromatic carbocycles. The fourth-order valence-electron chi connectivity index (χ4n) is 3.36. The van der Waals surface area contributed by atoms with Crippen molar-refractivity contribution in [2.45, 2.75) is 38.0 Å². The van der Waals surface area contributed by atoms with Crippen LogP contribution in [0.15, 0.2) is 51.4 Å². The second-order valence-electron chi connectivity index (χ2n) is 6.23. The van der Waals surface area contributed by atoms with E-state index in [0.717, 1.165) is 45.9 Å². The van der Waals surface area contributed by atoms with Gasteiger partial charge in [0.1, 0.15) is 0 Å². The predicted octanol–water partition coefficient (Wildman–Crippen LogP) is 5.97. The van der Waals surface area contributed by atoms with E-state index in [9.17, 15) is 4.79 Å². The van der Waals surface area contributed by atoms with Crippen molar-refractivity contribution in [3.8, 4) is 0 Å². The van der Waals surface area contributed by atoms with E-state index in [0.29, 0.717) is 0 Å². The first kappa shape index (κ1) is 16.7. The van der Waals surface area contributed by atoms with E-state index in [-0.39, 0.29) is 5.91 Å². The van der Waals surface area contributed by atoms with Crippen molar-refractivity contribution in [1.29, 1.82) is 0 Å². The third kappa shape index (κ3) is 3.38. The molecular weight excluding hydrogens is 418 g/mol. The summed E-state index contributed by atoms with van der Waals surface area (Å²) in [6, 6.07) is 14.2. The van der Waals surface area contributed by atoms with Crippen LogP contribution in [0.25, 0.3) is 0 Å². The summed E-state index contributed by atoms with van der Waals surface area (Å²) in [6.45, 7) is 2.04. The normalized spacial score (nSPS) is 16.3. The monoisotopic (exact) mass is 435 g/mol. The maximum absolute atomic E-state index is 13.1. The summed E-state index contributed by atoms with van der Waals surface area (Å²) in [5.41, 5.74) is 2.70. The molecule has 0 radical (unpaired) electrons. The molecule has 0 aromatic heterocycles. The highest BCUT2D eigenvalue weighted by Gasteiger charge is 2.42. The average molecular weight is 437 g/mol. The standard InChI is InChI=1S/C19H19Br2NO/c1-13-4-9-17(16(21)12-13)22-18(23)19(10-2-3-11-19)14-5-7-15(20)8-6-14/h4-9,12H,2-3,10-11H2,1H3,(H,22,23). The summed E-state index contributed by atoms with van der Waals surface area (Å²) in [4.78, 5) is 13.1. The molecule has 0 bridgehead atoms. The molecule has 1 aliphatic carbocycles. The Labute approximate surface area is 153 Å². The number of halogens is 2. The first-order chi connectivity index (χ1) is 11.0. The molecule has 0 unspecified atom stereocenters. The highest BCUT2D eigenvalue weighted by Crippen LogP contribution is 2.42. The van der Waals surface area contributed by atoms with Crippen LogP contribution in [0.1, 0.15) is 36.8 Å². The van der Waals surface area contributed by atoms with Crippen LogP contribution >= 0.6 is 31.9 Å². The zero-order chi connectivity index (χ0) is 16.4. The summed E-state index contributed by atoms with van der Waals surface area (Å²) >= 11 is 7.02. The maximum Gasteiger partial charge on any atom is 0.235 e. The summed E-state index contributed by atoms with van der Waals surface area (Å²) < 4.78 is 1.96. The number of hydrogen-bond donors (Lipinski definition) is 1. The van der Waals surface area contributed by atoms with Crippen LogP contribution in [0, 0.1) is 6.92 Å². The zero-order valence-corrected chi connectivity index (χ0v) is 16.2. The van der Waals surface area contributed by atoms with Gasteiger partial charge in [-0.1, -0.05) is 47.0 Å². The molecule has 1 amide bonds. The largest absolute Gasteiger partial charge is 0.324 e. The van der Waals surface area contributed by atoms with E-state index < -0.39 is 5.41 Å². The molecule has 2 aromatic rings. The Bertz CT molecular complexity index is 719. The second kappa shape index (κ2) is 6.78. The molecular formula is C19H19Br2NO. The molecule has 0 heterocycles. The molecule has 1 fully saturated rings. The molecule has 0 atom stereocenters. The third-order valence-electron chi connectivity index (χ3n) is 4.66. The number of carbonyl (C=O) groups excluding carboxylic acids is 1. The lowest BCUT2D eigenvalue weighted by molar-refractivity contribution is -0.121. The summed E-state index contributed by atoms with van der Waals surface area (Å²) in [7, 11) is 0. The van der Waals surface area contributed by atoms with Crippen molar-refractivity contribution in [3.05, 3.63) is 62.5 Å². The number of rotatable bonds is 3. The van der Waals surface area contributed by atoms with Crippen LogP contribution in [-0.4, -0.2) is 5.91 Å². The average Bonchev–Trinajstić information content (AvgIpc) is 3.01. The molecule has 3 rings (SSSR count). The van der Waals surface area contributed by atoms with Gasteiger partial charge in [0, 0.05) is 8.95 Å². The number of carbonyl (C=O) groups is 1. The Balaban J connectivity index is 1.91. The number of hydrogen-bond acceptors (Lipinski definition) is 1. The summed E-state index contributed by atoms with van der Waals surface area (Å²) in [5.74, 6) is 0.0990. The number of anilines is 1. The minimum Gasteiger partial charge on any atom is -0.324 e. The van der Waals surface area contributed by atoms with Crippen molar-refractivity contribution < 1.29 is 4.79 Å². The van der Waals surface area contributed by atoms with Crippen LogP contribution < -0.4 is 5.32 Å². The quantitative estimate of drug-likeness (QED) is 0.630. The maximum atomic E-state index is 13.1. The Hall–Kier alpha value is -1.13.